The lowest BCUT2D eigenvalue weighted by molar-refractivity contribution is -0.686. The molecule has 0 radical (unpaired) electrons. The molecule has 0 unspecified atom stereocenters. The average Bonchev–Trinajstić information content (AvgIpc) is 3.32. The Morgan fingerprint density at radius 3 is 2.65 bits per heavy atom. The van der Waals surface area contributed by atoms with Crippen LogP contribution in [0.2, 0.25) is 0 Å². The molecule has 0 fully saturated rings. The summed E-state index contributed by atoms with van der Waals surface area (Å²) in [4.78, 5) is 0. The number of hydrogen-bond acceptors (Lipinski definition) is 4. The zero-order chi connectivity index (χ0) is 22.2. The van der Waals surface area contributed by atoms with Crippen LogP contribution < -0.4 is 36.5 Å². The van der Waals surface area contributed by atoms with Crippen LogP contribution in [0.25, 0.3) is 22.0 Å². The van der Waals surface area contributed by atoms with E-state index in [-0.39, 0.29) is 12.4 Å². The second-order valence-electron chi connectivity index (χ2n) is 8.63. The molecule has 0 saturated heterocycles. The number of rotatable bonds is 6. The third kappa shape index (κ3) is 4.01. The Hall–Kier alpha value is -3.44. The zero-order valence-corrected chi connectivity index (χ0v) is 19.9. The van der Waals surface area contributed by atoms with Crippen LogP contribution in [-0.2, 0) is 19.4 Å². The van der Waals surface area contributed by atoms with E-state index in [0.717, 1.165) is 55.3 Å². The molecule has 0 aliphatic carbocycles. The summed E-state index contributed by atoms with van der Waals surface area (Å²) >= 11 is 0. The molecule has 0 bridgehead atoms. The minimum Gasteiger partial charge on any atom is -1.00 e. The Labute approximate surface area is 205 Å². The molecule has 1 aromatic heterocycles. The first-order chi connectivity index (χ1) is 16.3. The lowest BCUT2D eigenvalue weighted by atomic mass is 9.95. The number of aromatic nitrogens is 1. The second-order valence-corrected chi connectivity index (χ2v) is 8.63. The standard InChI is InChI=1S/C28H26N2O3.ClH/c1-31-25-10-9-20-14-24-22-16-27-26(32-18-33-27)15-21(22)11-13-30(24)17-23(20)28(25)29-12-5-8-19-6-3-2-4-7-19;/h2-4,6-7,9-10,14-17H,5,8,11-13,18H2,1H3;1H. The molecular weight excluding hydrogens is 448 g/mol. The van der Waals surface area contributed by atoms with Gasteiger partial charge in [0.1, 0.15) is 5.75 Å². The molecule has 2 aliphatic heterocycles. The predicted octanol–water partition coefficient (Wildman–Crippen LogP) is 2.14. The summed E-state index contributed by atoms with van der Waals surface area (Å²) in [7, 11) is 1.74. The first kappa shape index (κ1) is 22.4. The molecule has 3 heterocycles. The van der Waals surface area contributed by atoms with Gasteiger partial charge in [-0.25, -0.2) is 0 Å². The number of benzene rings is 3. The van der Waals surface area contributed by atoms with Crippen LogP contribution in [0.5, 0.6) is 17.2 Å². The SMILES string of the molecule is COc1ccc2cc3[n+](cc2c1NCCCc1ccccc1)CCc1cc2c(cc1-3)OCO2.[Cl-]. The first-order valence-corrected chi connectivity index (χ1v) is 11.5. The van der Waals surface area contributed by atoms with Crippen molar-refractivity contribution in [3.05, 3.63) is 78.0 Å². The quantitative estimate of drug-likeness (QED) is 0.343. The van der Waals surface area contributed by atoms with Gasteiger partial charge in [0.2, 0.25) is 12.5 Å². The lowest BCUT2D eigenvalue weighted by Gasteiger charge is -2.18. The topological polar surface area (TPSA) is 43.6 Å². The molecule has 6 heteroatoms. The van der Waals surface area contributed by atoms with E-state index in [1.54, 1.807) is 7.11 Å². The van der Waals surface area contributed by atoms with Crippen LogP contribution in [0, 0.1) is 0 Å². The number of nitrogens with zero attached hydrogens (tertiary/aromatic N) is 1. The van der Waals surface area contributed by atoms with E-state index in [1.165, 1.54) is 33.2 Å². The number of nitrogens with one attached hydrogen (secondary N) is 1. The number of halogens is 1. The van der Waals surface area contributed by atoms with E-state index in [4.69, 9.17) is 14.2 Å². The minimum atomic E-state index is 0. The van der Waals surface area contributed by atoms with Crippen molar-refractivity contribution in [2.45, 2.75) is 25.8 Å². The highest BCUT2D eigenvalue weighted by Crippen LogP contribution is 2.41. The van der Waals surface area contributed by atoms with Gasteiger partial charge < -0.3 is 31.9 Å². The van der Waals surface area contributed by atoms with E-state index in [0.29, 0.717) is 6.79 Å². The van der Waals surface area contributed by atoms with Crippen molar-refractivity contribution in [3.63, 3.8) is 0 Å². The van der Waals surface area contributed by atoms with E-state index < -0.39 is 0 Å². The smallest absolute Gasteiger partial charge is 0.231 e. The van der Waals surface area contributed by atoms with Gasteiger partial charge in [0, 0.05) is 19.0 Å². The van der Waals surface area contributed by atoms with Crippen molar-refractivity contribution in [2.75, 3.05) is 25.8 Å². The minimum absolute atomic E-state index is 0. The molecule has 4 aromatic rings. The van der Waals surface area contributed by atoms with Gasteiger partial charge in [0.15, 0.2) is 24.2 Å². The van der Waals surface area contributed by atoms with E-state index >= 15 is 0 Å². The van der Waals surface area contributed by atoms with Crippen LogP contribution in [0.4, 0.5) is 5.69 Å². The van der Waals surface area contributed by atoms with E-state index in [1.807, 2.05) is 0 Å². The molecule has 2 aliphatic rings. The Balaban J connectivity index is 0.00000241. The van der Waals surface area contributed by atoms with E-state index in [2.05, 4.69) is 76.7 Å². The molecule has 34 heavy (non-hydrogen) atoms. The first-order valence-electron chi connectivity index (χ1n) is 11.5. The molecule has 0 saturated carbocycles. The van der Waals surface area contributed by atoms with Gasteiger partial charge in [0.05, 0.1) is 23.7 Å². The van der Waals surface area contributed by atoms with Crippen LogP contribution >= 0.6 is 0 Å². The highest BCUT2D eigenvalue weighted by atomic mass is 35.5. The fourth-order valence-corrected chi connectivity index (χ4v) is 4.93. The molecule has 0 spiro atoms. The maximum Gasteiger partial charge on any atom is 0.231 e. The Morgan fingerprint density at radius 2 is 1.82 bits per heavy atom. The summed E-state index contributed by atoms with van der Waals surface area (Å²) in [5, 5.41) is 6.04. The summed E-state index contributed by atoms with van der Waals surface area (Å²) in [5.41, 5.74) is 6.18. The van der Waals surface area contributed by atoms with Gasteiger partial charge in [-0.2, -0.15) is 4.57 Å². The summed E-state index contributed by atoms with van der Waals surface area (Å²) in [6.07, 6.45) is 5.35. The molecular formula is C28H27ClN2O3. The number of anilines is 1. The van der Waals surface area contributed by atoms with Crippen molar-refractivity contribution < 1.29 is 31.2 Å². The predicted molar refractivity (Wildman–Crippen MR) is 129 cm³/mol. The number of pyridine rings is 1. The van der Waals surface area contributed by atoms with Gasteiger partial charge in [-0.1, -0.05) is 36.4 Å². The lowest BCUT2D eigenvalue weighted by Crippen LogP contribution is -3.00. The van der Waals surface area contributed by atoms with Crippen LogP contribution in [-0.4, -0.2) is 20.4 Å². The van der Waals surface area contributed by atoms with Gasteiger partial charge >= 0.3 is 0 Å². The Morgan fingerprint density at radius 1 is 1.00 bits per heavy atom. The number of ether oxygens (including phenoxy) is 3. The van der Waals surface area contributed by atoms with Crippen LogP contribution in [0.1, 0.15) is 17.5 Å². The van der Waals surface area contributed by atoms with Gasteiger partial charge in [-0.05, 0) is 47.6 Å². The fourth-order valence-electron chi connectivity index (χ4n) is 4.93. The summed E-state index contributed by atoms with van der Waals surface area (Å²) in [5.74, 6) is 2.56. The van der Waals surface area contributed by atoms with Crippen molar-refractivity contribution in [1.82, 2.24) is 0 Å². The van der Waals surface area contributed by atoms with Crippen LogP contribution in [0.15, 0.2) is 66.9 Å². The van der Waals surface area contributed by atoms with Gasteiger partial charge in [-0.15, -0.1) is 0 Å². The Bertz CT molecular complexity index is 1340. The molecule has 174 valence electrons. The second kappa shape index (κ2) is 9.43. The molecule has 5 nitrogen and oxygen atoms in total. The maximum atomic E-state index is 5.72. The number of fused-ring (bicyclic) bond motifs is 5. The van der Waals surface area contributed by atoms with Gasteiger partial charge in [0.25, 0.3) is 0 Å². The highest BCUT2D eigenvalue weighted by molar-refractivity contribution is 5.97. The average molecular weight is 475 g/mol. The molecule has 0 amide bonds. The largest absolute Gasteiger partial charge is 1.00 e. The van der Waals surface area contributed by atoms with Crippen molar-refractivity contribution in [1.29, 1.82) is 0 Å². The normalized spacial score (nSPS) is 13.1. The fraction of sp³-hybridized carbons (Fsp3) is 0.250. The third-order valence-corrected chi connectivity index (χ3v) is 6.63. The van der Waals surface area contributed by atoms with Gasteiger partial charge in [-0.3, -0.25) is 0 Å². The van der Waals surface area contributed by atoms with E-state index in [9.17, 15) is 0 Å². The maximum absolute atomic E-state index is 5.72. The number of methoxy groups -OCH3 is 1. The molecule has 3 aromatic carbocycles. The van der Waals surface area contributed by atoms with Crippen LogP contribution in [0.3, 0.4) is 0 Å². The summed E-state index contributed by atoms with van der Waals surface area (Å²) in [6, 6.07) is 21.4. The number of hydrogen-bond donors (Lipinski definition) is 1. The number of aryl methyl sites for hydroxylation is 3. The van der Waals surface area contributed by atoms with Crippen molar-refractivity contribution in [3.8, 4) is 28.5 Å². The molecule has 0 atom stereocenters. The monoisotopic (exact) mass is 474 g/mol. The van der Waals surface area contributed by atoms with Crippen molar-refractivity contribution >= 4 is 16.5 Å². The zero-order valence-electron chi connectivity index (χ0n) is 19.1. The molecule has 6 rings (SSSR count). The Kier molecular flexibility index (Phi) is 6.20. The summed E-state index contributed by atoms with van der Waals surface area (Å²) in [6.45, 7) is 2.12. The highest BCUT2D eigenvalue weighted by Gasteiger charge is 2.28. The molecule has 1 N–H and O–H groups in total. The summed E-state index contributed by atoms with van der Waals surface area (Å²) < 4.78 is 19.3. The van der Waals surface area contributed by atoms with Crippen molar-refractivity contribution in [2.24, 2.45) is 0 Å². The third-order valence-electron chi connectivity index (χ3n) is 6.63.